The number of anilines is 1. The van der Waals surface area contributed by atoms with Gasteiger partial charge in [0.1, 0.15) is 17.1 Å². The molecule has 1 atom stereocenters. The number of hydrogen-bond donors (Lipinski definition) is 0. The molecule has 174 valence electrons. The molecule has 11 nitrogen and oxygen atoms in total. The van der Waals surface area contributed by atoms with Crippen LogP contribution in [-0.2, 0) is 9.47 Å². The fourth-order valence-corrected chi connectivity index (χ4v) is 2.89. The van der Waals surface area contributed by atoms with Crippen LogP contribution in [0.25, 0.3) is 0 Å². The summed E-state index contributed by atoms with van der Waals surface area (Å²) in [6, 6.07) is 2.67. The zero-order chi connectivity index (χ0) is 30.9. The number of piperazine rings is 1. The number of pyridine rings is 1. The van der Waals surface area contributed by atoms with Gasteiger partial charge < -0.3 is 19.3 Å². The van der Waals surface area contributed by atoms with Crippen molar-refractivity contribution in [1.29, 1.82) is 0 Å². The van der Waals surface area contributed by atoms with E-state index in [0.29, 0.717) is 0 Å². The molecule has 4 rings (SSSR count). The number of carbonyl (C=O) groups excluding carboxylic acids is 3. The number of nitrogens with zero attached hydrogens (tertiary/aromatic N) is 6. The minimum absolute atomic E-state index is 0.108. The van der Waals surface area contributed by atoms with Gasteiger partial charge in [-0.15, -0.1) is 0 Å². The minimum Gasteiger partial charge on any atom is -0.444 e. The van der Waals surface area contributed by atoms with E-state index in [-0.39, 0.29) is 27.1 Å². The summed E-state index contributed by atoms with van der Waals surface area (Å²) in [5.41, 5.74) is -1.79. The number of fused-ring (bicyclic) bond motifs is 1. The van der Waals surface area contributed by atoms with Crippen LogP contribution < -0.4 is 4.90 Å². The monoisotopic (exact) mass is 482 g/mol. The smallest absolute Gasteiger partial charge is 0.412 e. The Bertz CT molecular complexity index is 1380. The lowest BCUT2D eigenvalue weighted by Crippen LogP contribution is -2.52. The molecule has 0 aliphatic carbocycles. The molecular formula is C21H23ClN6O5. The predicted octanol–water partition coefficient (Wildman–Crippen LogP) is 2.87. The standard InChI is InChI=1S/C21H23ClN6O5/c1-21(2,3)33-20(31)27-10-8-26(9-11-27)19(30)32-18-16-15(23-6-7-24-16)17(29)28(18)14-5-4-13(22)12-25-14/h4-7,12,18H,8-11H2,1-3H3/i8D2,9D2,10D2,11D2. The van der Waals surface area contributed by atoms with Gasteiger partial charge in [0.25, 0.3) is 5.91 Å². The van der Waals surface area contributed by atoms with Gasteiger partial charge in [-0.25, -0.2) is 24.5 Å². The lowest BCUT2D eigenvalue weighted by Gasteiger charge is -2.35. The quantitative estimate of drug-likeness (QED) is 0.641. The molecule has 2 aromatic rings. The molecule has 0 radical (unpaired) electrons. The molecule has 1 saturated heterocycles. The first-order chi connectivity index (χ1) is 18.7. The Hall–Kier alpha value is -3.47. The van der Waals surface area contributed by atoms with Gasteiger partial charge in [-0.05, 0) is 32.9 Å². The lowest BCUT2D eigenvalue weighted by molar-refractivity contribution is 0.00907. The highest BCUT2D eigenvalue weighted by Crippen LogP contribution is 2.35. The number of halogens is 1. The van der Waals surface area contributed by atoms with E-state index in [1.165, 1.54) is 51.5 Å². The highest BCUT2D eigenvalue weighted by atomic mass is 35.5. The van der Waals surface area contributed by atoms with Gasteiger partial charge in [0.05, 0.1) is 16.0 Å². The molecule has 3 amide bonds. The summed E-state index contributed by atoms with van der Waals surface area (Å²) in [5.74, 6) is -0.949. The van der Waals surface area contributed by atoms with Gasteiger partial charge in [0.15, 0.2) is 5.69 Å². The van der Waals surface area contributed by atoms with Crippen molar-refractivity contribution >= 4 is 35.5 Å². The Balaban J connectivity index is 1.78. The van der Waals surface area contributed by atoms with Gasteiger partial charge in [-0.3, -0.25) is 9.78 Å². The first kappa shape index (κ1) is 14.6. The normalized spacial score (nSPS) is 27.9. The second kappa shape index (κ2) is 8.81. The molecular weight excluding hydrogens is 452 g/mol. The summed E-state index contributed by atoms with van der Waals surface area (Å²) >= 11 is 5.88. The van der Waals surface area contributed by atoms with E-state index in [4.69, 9.17) is 32.0 Å². The molecule has 33 heavy (non-hydrogen) atoms. The number of carbonyl (C=O) groups is 3. The van der Waals surface area contributed by atoms with E-state index in [2.05, 4.69) is 15.0 Å². The van der Waals surface area contributed by atoms with E-state index in [9.17, 15) is 14.4 Å². The minimum atomic E-state index is -3.76. The molecule has 2 aliphatic rings. The fraction of sp³-hybridized carbons (Fsp3) is 0.429. The largest absolute Gasteiger partial charge is 0.444 e. The summed E-state index contributed by atoms with van der Waals surface area (Å²) in [5, 5.41) is 0.205. The molecule has 1 unspecified atom stereocenters. The highest BCUT2D eigenvalue weighted by Gasteiger charge is 2.44. The van der Waals surface area contributed by atoms with Crippen LogP contribution in [0.2, 0.25) is 5.02 Å². The van der Waals surface area contributed by atoms with Crippen LogP contribution in [0.15, 0.2) is 30.7 Å². The maximum Gasteiger partial charge on any atom is 0.412 e. The van der Waals surface area contributed by atoms with Gasteiger partial charge >= 0.3 is 12.2 Å². The summed E-state index contributed by atoms with van der Waals surface area (Å²) in [7, 11) is 0. The molecule has 0 aromatic carbocycles. The van der Waals surface area contributed by atoms with Crippen molar-refractivity contribution < 1.29 is 34.8 Å². The average Bonchev–Trinajstić information content (AvgIpc) is 3.08. The average molecular weight is 483 g/mol. The zero-order valence-electron chi connectivity index (χ0n) is 25.6. The van der Waals surface area contributed by atoms with Crippen molar-refractivity contribution in [3.05, 3.63) is 47.1 Å². The zero-order valence-corrected chi connectivity index (χ0v) is 18.3. The first-order valence-electron chi connectivity index (χ1n) is 13.5. The second-order valence-electron chi connectivity index (χ2n) is 7.63. The third-order valence-electron chi connectivity index (χ3n) is 4.09. The van der Waals surface area contributed by atoms with E-state index >= 15 is 0 Å². The number of rotatable bonds is 2. The van der Waals surface area contributed by atoms with Crippen LogP contribution in [0, 0.1) is 0 Å². The maximum atomic E-state index is 13.5. The number of hydrogen-bond acceptors (Lipinski definition) is 8. The summed E-state index contributed by atoms with van der Waals surface area (Å²) in [6.07, 6.45) is -1.90. The number of aromatic nitrogens is 3. The van der Waals surface area contributed by atoms with Gasteiger partial charge in [-0.1, -0.05) is 11.6 Å². The van der Waals surface area contributed by atoms with Crippen LogP contribution in [-0.4, -0.2) is 74.4 Å². The van der Waals surface area contributed by atoms with Crippen LogP contribution in [0.4, 0.5) is 15.4 Å². The Morgan fingerprint density at radius 1 is 1.06 bits per heavy atom. The molecule has 4 heterocycles. The molecule has 2 aromatic heterocycles. The third-order valence-corrected chi connectivity index (χ3v) is 4.32. The molecule has 2 aliphatic heterocycles. The van der Waals surface area contributed by atoms with Gasteiger partial charge in [0.2, 0.25) is 6.23 Å². The van der Waals surface area contributed by atoms with Crippen molar-refractivity contribution in [2.75, 3.05) is 30.9 Å². The van der Waals surface area contributed by atoms with E-state index in [0.717, 1.165) is 4.90 Å². The Kier molecular flexibility index (Phi) is 3.91. The molecule has 0 spiro atoms. The molecule has 0 saturated carbocycles. The van der Waals surface area contributed by atoms with Gasteiger partial charge in [-0.2, -0.15) is 0 Å². The Labute approximate surface area is 206 Å². The number of amides is 3. The van der Waals surface area contributed by atoms with E-state index < -0.39 is 60.8 Å². The van der Waals surface area contributed by atoms with Crippen molar-refractivity contribution in [3.8, 4) is 0 Å². The van der Waals surface area contributed by atoms with E-state index in [1.807, 2.05) is 0 Å². The molecule has 1 fully saturated rings. The summed E-state index contributed by atoms with van der Waals surface area (Å²) in [4.78, 5) is 51.5. The Morgan fingerprint density at radius 2 is 1.70 bits per heavy atom. The van der Waals surface area contributed by atoms with Crippen molar-refractivity contribution in [2.24, 2.45) is 0 Å². The van der Waals surface area contributed by atoms with Crippen LogP contribution >= 0.6 is 11.6 Å². The summed E-state index contributed by atoms with van der Waals surface area (Å²) < 4.78 is 77.5. The van der Waals surface area contributed by atoms with Crippen LogP contribution in [0.5, 0.6) is 0 Å². The van der Waals surface area contributed by atoms with Crippen molar-refractivity contribution in [1.82, 2.24) is 24.8 Å². The summed E-state index contributed by atoms with van der Waals surface area (Å²) in [6.45, 7) is -10.8. The van der Waals surface area contributed by atoms with Crippen LogP contribution in [0.3, 0.4) is 0 Å². The highest BCUT2D eigenvalue weighted by molar-refractivity contribution is 6.30. The molecule has 0 N–H and O–H groups in total. The predicted molar refractivity (Wildman–Crippen MR) is 117 cm³/mol. The van der Waals surface area contributed by atoms with Crippen molar-refractivity contribution in [2.45, 2.75) is 32.6 Å². The second-order valence-corrected chi connectivity index (χ2v) is 8.07. The van der Waals surface area contributed by atoms with E-state index in [1.54, 1.807) is 0 Å². The topological polar surface area (TPSA) is 118 Å². The lowest BCUT2D eigenvalue weighted by atomic mass is 10.2. The third kappa shape index (κ3) is 4.82. The maximum absolute atomic E-state index is 13.5. The fourth-order valence-electron chi connectivity index (χ4n) is 2.77. The molecule has 0 bridgehead atoms. The van der Waals surface area contributed by atoms with Gasteiger partial charge in [0, 0.05) is 44.6 Å². The van der Waals surface area contributed by atoms with Crippen LogP contribution in [0.1, 0.15) is 54.1 Å². The number of ether oxygens (including phenoxy) is 2. The first-order valence-corrected chi connectivity index (χ1v) is 9.84. The SMILES string of the molecule is [2H]C1([2H])N(C(=O)OC2c3nccnc3C(=O)N2c2ccc(Cl)cn2)C([2H])([2H])C([2H])([2H])N(C(=O)OC(C)(C)C)C1([2H])[2H]. The molecule has 12 heteroatoms. The van der Waals surface area contributed by atoms with Crippen molar-refractivity contribution in [3.63, 3.8) is 0 Å². The Morgan fingerprint density at radius 3 is 2.30 bits per heavy atom.